The average Bonchev–Trinajstić information content (AvgIpc) is 3.15. The average molecular weight is 245 g/mol. The molecule has 0 saturated heterocycles. The summed E-state index contributed by atoms with van der Waals surface area (Å²) in [4.78, 5) is 10.9. The van der Waals surface area contributed by atoms with Crippen LogP contribution in [0.15, 0.2) is 18.5 Å². The number of nitrogens with zero attached hydrogens (tertiary/aromatic N) is 4. The Kier molecular flexibility index (Phi) is 2.70. The lowest BCUT2D eigenvalue weighted by atomic mass is 10.3. The van der Waals surface area contributed by atoms with Crippen molar-refractivity contribution in [1.29, 1.82) is 0 Å². The van der Waals surface area contributed by atoms with Crippen LogP contribution in [-0.2, 0) is 6.54 Å². The molecule has 3 rings (SSSR count). The van der Waals surface area contributed by atoms with Crippen molar-refractivity contribution in [3.8, 4) is 0 Å². The molecule has 1 saturated carbocycles. The van der Waals surface area contributed by atoms with Crippen molar-refractivity contribution in [2.45, 2.75) is 38.4 Å². The van der Waals surface area contributed by atoms with E-state index < -0.39 is 0 Å². The second-order valence-corrected chi connectivity index (χ2v) is 5.19. The van der Waals surface area contributed by atoms with E-state index in [2.05, 4.69) is 33.4 Å². The summed E-state index contributed by atoms with van der Waals surface area (Å²) in [6.45, 7) is 3.12. The van der Waals surface area contributed by atoms with Gasteiger partial charge in [0.25, 0.3) is 0 Å². The molecule has 2 heterocycles. The summed E-state index contributed by atoms with van der Waals surface area (Å²) < 4.78 is 2.08. The van der Waals surface area contributed by atoms with Gasteiger partial charge in [0.1, 0.15) is 5.52 Å². The van der Waals surface area contributed by atoms with Crippen molar-refractivity contribution in [2.75, 3.05) is 12.8 Å². The predicted octanol–water partition coefficient (Wildman–Crippen LogP) is 1.50. The first-order chi connectivity index (χ1) is 8.66. The summed E-state index contributed by atoms with van der Waals surface area (Å²) in [5.41, 5.74) is 7.94. The zero-order valence-corrected chi connectivity index (χ0v) is 10.9. The Bertz CT molecular complexity index is 558. The summed E-state index contributed by atoms with van der Waals surface area (Å²) in [7, 11) is 2.19. The van der Waals surface area contributed by atoms with Gasteiger partial charge in [-0.25, -0.2) is 4.98 Å². The van der Waals surface area contributed by atoms with Crippen molar-refractivity contribution in [3.63, 3.8) is 0 Å². The second-order valence-electron chi connectivity index (χ2n) is 5.19. The molecule has 0 radical (unpaired) electrons. The van der Waals surface area contributed by atoms with Gasteiger partial charge in [-0.3, -0.25) is 9.88 Å². The van der Waals surface area contributed by atoms with Gasteiger partial charge in [0, 0.05) is 24.8 Å². The molecule has 2 aromatic heterocycles. The summed E-state index contributed by atoms with van der Waals surface area (Å²) >= 11 is 0. The van der Waals surface area contributed by atoms with Gasteiger partial charge in [-0.05, 0) is 32.9 Å². The van der Waals surface area contributed by atoms with E-state index in [9.17, 15) is 0 Å². The van der Waals surface area contributed by atoms with Crippen LogP contribution in [0.3, 0.4) is 0 Å². The van der Waals surface area contributed by atoms with E-state index in [1.807, 2.05) is 6.07 Å². The van der Waals surface area contributed by atoms with Crippen LogP contribution < -0.4 is 5.73 Å². The smallest absolute Gasteiger partial charge is 0.201 e. The SMILES string of the molecule is CC(Cn1c(N)nc2cnccc21)N(C)C1CC1. The molecule has 1 unspecified atom stereocenters. The Morgan fingerprint density at radius 2 is 2.33 bits per heavy atom. The fourth-order valence-corrected chi connectivity index (χ4v) is 2.43. The summed E-state index contributed by atoms with van der Waals surface area (Å²) in [6.07, 6.45) is 6.20. The van der Waals surface area contributed by atoms with Gasteiger partial charge < -0.3 is 10.3 Å². The van der Waals surface area contributed by atoms with E-state index in [1.54, 1.807) is 12.4 Å². The summed E-state index contributed by atoms with van der Waals surface area (Å²) in [5, 5.41) is 0. The van der Waals surface area contributed by atoms with Gasteiger partial charge >= 0.3 is 0 Å². The van der Waals surface area contributed by atoms with Crippen molar-refractivity contribution in [3.05, 3.63) is 18.5 Å². The lowest BCUT2D eigenvalue weighted by Gasteiger charge is -2.25. The molecule has 0 spiro atoms. The lowest BCUT2D eigenvalue weighted by molar-refractivity contribution is 0.228. The summed E-state index contributed by atoms with van der Waals surface area (Å²) in [5.74, 6) is 0.578. The molecule has 18 heavy (non-hydrogen) atoms. The lowest BCUT2D eigenvalue weighted by Crippen LogP contribution is -2.34. The van der Waals surface area contributed by atoms with Crippen molar-refractivity contribution in [1.82, 2.24) is 19.4 Å². The topological polar surface area (TPSA) is 60.0 Å². The highest BCUT2D eigenvalue weighted by atomic mass is 15.2. The molecule has 0 aromatic carbocycles. The third-order valence-electron chi connectivity index (χ3n) is 3.84. The fraction of sp³-hybridized carbons (Fsp3) is 0.538. The van der Waals surface area contributed by atoms with Crippen LogP contribution in [-0.4, -0.2) is 38.6 Å². The van der Waals surface area contributed by atoms with E-state index in [4.69, 9.17) is 5.73 Å². The predicted molar refractivity (Wildman–Crippen MR) is 72.2 cm³/mol. The standard InChI is InChI=1S/C13H19N5/c1-9(17(2)10-3-4-10)8-18-12-5-6-15-7-11(12)16-13(18)14/h5-7,9-10H,3-4,8H2,1-2H3,(H2,14,16). The third kappa shape index (κ3) is 1.95. The highest BCUT2D eigenvalue weighted by Crippen LogP contribution is 2.28. The van der Waals surface area contributed by atoms with Gasteiger partial charge in [-0.1, -0.05) is 0 Å². The van der Waals surface area contributed by atoms with Gasteiger partial charge in [0.05, 0.1) is 11.7 Å². The Morgan fingerprint density at radius 1 is 1.56 bits per heavy atom. The number of aromatic nitrogens is 3. The molecule has 0 aliphatic heterocycles. The molecular weight excluding hydrogens is 226 g/mol. The largest absolute Gasteiger partial charge is 0.369 e. The maximum Gasteiger partial charge on any atom is 0.201 e. The minimum Gasteiger partial charge on any atom is -0.369 e. The van der Waals surface area contributed by atoms with Gasteiger partial charge in [0.15, 0.2) is 0 Å². The van der Waals surface area contributed by atoms with Crippen LogP contribution in [0.25, 0.3) is 11.0 Å². The van der Waals surface area contributed by atoms with E-state index in [0.717, 1.165) is 23.6 Å². The maximum absolute atomic E-state index is 6.00. The van der Waals surface area contributed by atoms with Crippen LogP contribution >= 0.6 is 0 Å². The van der Waals surface area contributed by atoms with E-state index in [-0.39, 0.29) is 0 Å². The van der Waals surface area contributed by atoms with Crippen LogP contribution in [0.5, 0.6) is 0 Å². The van der Waals surface area contributed by atoms with Gasteiger partial charge in [-0.15, -0.1) is 0 Å². The molecule has 2 N–H and O–H groups in total. The minimum atomic E-state index is 0.463. The molecule has 1 fully saturated rings. The number of hydrogen-bond acceptors (Lipinski definition) is 4. The zero-order chi connectivity index (χ0) is 12.7. The highest BCUT2D eigenvalue weighted by molar-refractivity contribution is 5.77. The van der Waals surface area contributed by atoms with Crippen LogP contribution in [0, 0.1) is 0 Å². The Balaban J connectivity index is 1.87. The monoisotopic (exact) mass is 245 g/mol. The molecule has 5 heteroatoms. The number of pyridine rings is 1. The maximum atomic E-state index is 6.00. The molecule has 5 nitrogen and oxygen atoms in total. The van der Waals surface area contributed by atoms with Crippen molar-refractivity contribution >= 4 is 17.0 Å². The first-order valence-electron chi connectivity index (χ1n) is 6.44. The van der Waals surface area contributed by atoms with E-state index >= 15 is 0 Å². The quantitative estimate of drug-likeness (QED) is 0.886. The van der Waals surface area contributed by atoms with Crippen LogP contribution in [0.1, 0.15) is 19.8 Å². The number of rotatable bonds is 4. The normalized spacial score (nSPS) is 17.5. The Labute approximate surface area is 107 Å². The molecule has 2 aromatic rings. The first kappa shape index (κ1) is 11.5. The number of likely N-dealkylation sites (N-methyl/N-ethyl adjacent to an activating group) is 1. The van der Waals surface area contributed by atoms with Crippen LogP contribution in [0.4, 0.5) is 5.95 Å². The summed E-state index contributed by atoms with van der Waals surface area (Å²) in [6, 6.07) is 3.20. The van der Waals surface area contributed by atoms with Gasteiger partial charge in [-0.2, -0.15) is 0 Å². The third-order valence-corrected chi connectivity index (χ3v) is 3.84. The number of hydrogen-bond donors (Lipinski definition) is 1. The number of anilines is 1. The molecule has 1 atom stereocenters. The number of nitrogen functional groups attached to an aromatic ring is 1. The highest BCUT2D eigenvalue weighted by Gasteiger charge is 2.29. The minimum absolute atomic E-state index is 0.463. The zero-order valence-electron chi connectivity index (χ0n) is 10.9. The van der Waals surface area contributed by atoms with Crippen LogP contribution in [0.2, 0.25) is 0 Å². The first-order valence-corrected chi connectivity index (χ1v) is 6.44. The number of imidazole rings is 1. The van der Waals surface area contributed by atoms with E-state index in [1.165, 1.54) is 12.8 Å². The second kappa shape index (κ2) is 4.24. The molecule has 96 valence electrons. The molecule has 0 bridgehead atoms. The van der Waals surface area contributed by atoms with E-state index in [0.29, 0.717) is 12.0 Å². The molecule has 1 aliphatic rings. The number of nitrogens with two attached hydrogens (primary N) is 1. The fourth-order valence-electron chi connectivity index (χ4n) is 2.43. The van der Waals surface area contributed by atoms with Crippen molar-refractivity contribution in [2.24, 2.45) is 0 Å². The number of fused-ring (bicyclic) bond motifs is 1. The molecule has 1 aliphatic carbocycles. The Morgan fingerprint density at radius 3 is 3.06 bits per heavy atom. The Hall–Kier alpha value is -1.62. The molecular formula is C13H19N5. The molecule has 0 amide bonds. The van der Waals surface area contributed by atoms with Crippen molar-refractivity contribution < 1.29 is 0 Å². The van der Waals surface area contributed by atoms with Gasteiger partial charge in [0.2, 0.25) is 5.95 Å².